The van der Waals surface area contributed by atoms with Crippen molar-refractivity contribution in [1.29, 1.82) is 0 Å². The summed E-state index contributed by atoms with van der Waals surface area (Å²) in [5.41, 5.74) is 2.68. The Kier molecular flexibility index (Phi) is 3.57. The molecular formula is C17H19NO2S. The SMILES string of the molecule is c1cc(CNC2CCCc3sccc32)c2c(c1)OCCO2. The summed E-state index contributed by atoms with van der Waals surface area (Å²) in [7, 11) is 0. The number of benzene rings is 1. The molecule has 2 heterocycles. The van der Waals surface area contributed by atoms with Gasteiger partial charge in [0, 0.05) is 23.0 Å². The quantitative estimate of drug-likeness (QED) is 0.938. The summed E-state index contributed by atoms with van der Waals surface area (Å²) in [6.07, 6.45) is 3.73. The van der Waals surface area contributed by atoms with E-state index >= 15 is 0 Å². The Hall–Kier alpha value is -1.52. The van der Waals surface area contributed by atoms with Gasteiger partial charge in [0.1, 0.15) is 13.2 Å². The molecule has 0 saturated heterocycles. The fourth-order valence-electron chi connectivity index (χ4n) is 3.20. The molecule has 0 radical (unpaired) electrons. The minimum absolute atomic E-state index is 0.473. The number of hydrogen-bond donors (Lipinski definition) is 1. The van der Waals surface area contributed by atoms with E-state index in [9.17, 15) is 0 Å². The van der Waals surface area contributed by atoms with Crippen molar-refractivity contribution in [2.45, 2.75) is 31.8 Å². The Morgan fingerprint density at radius 1 is 1.19 bits per heavy atom. The summed E-state index contributed by atoms with van der Waals surface area (Å²) >= 11 is 1.89. The second kappa shape index (κ2) is 5.70. The van der Waals surface area contributed by atoms with Crippen LogP contribution in [0.5, 0.6) is 11.5 Å². The number of rotatable bonds is 3. The summed E-state index contributed by atoms with van der Waals surface area (Å²) in [4.78, 5) is 1.55. The molecule has 2 aromatic rings. The Morgan fingerprint density at radius 3 is 3.14 bits per heavy atom. The second-order valence-corrected chi connectivity index (χ2v) is 6.57. The van der Waals surface area contributed by atoms with Crippen molar-refractivity contribution in [3.63, 3.8) is 0 Å². The van der Waals surface area contributed by atoms with Gasteiger partial charge in [0.15, 0.2) is 11.5 Å². The van der Waals surface area contributed by atoms with Crippen molar-refractivity contribution >= 4 is 11.3 Å². The Labute approximate surface area is 128 Å². The number of fused-ring (bicyclic) bond motifs is 2. The van der Waals surface area contributed by atoms with Crippen molar-refractivity contribution < 1.29 is 9.47 Å². The van der Waals surface area contributed by atoms with Crippen LogP contribution in [-0.4, -0.2) is 13.2 Å². The molecule has 0 saturated carbocycles. The summed E-state index contributed by atoms with van der Waals surface area (Å²) in [6.45, 7) is 2.11. The minimum Gasteiger partial charge on any atom is -0.486 e. The lowest BCUT2D eigenvalue weighted by molar-refractivity contribution is 0.169. The summed E-state index contributed by atoms with van der Waals surface area (Å²) in [5.74, 6) is 1.79. The zero-order valence-corrected chi connectivity index (χ0v) is 12.7. The highest BCUT2D eigenvalue weighted by molar-refractivity contribution is 7.10. The number of ether oxygens (including phenoxy) is 2. The van der Waals surface area contributed by atoms with Crippen molar-refractivity contribution in [3.05, 3.63) is 45.6 Å². The zero-order chi connectivity index (χ0) is 14.1. The van der Waals surface area contributed by atoms with Crippen LogP contribution in [0.1, 0.15) is 34.9 Å². The van der Waals surface area contributed by atoms with Crippen molar-refractivity contribution in [1.82, 2.24) is 5.32 Å². The van der Waals surface area contributed by atoms with Crippen LogP contribution < -0.4 is 14.8 Å². The standard InChI is InChI=1S/C17H19NO2S/c1-3-12(17-15(5-1)19-8-9-20-17)11-18-14-4-2-6-16-13(14)7-10-21-16/h1,3,5,7,10,14,18H,2,4,6,8-9,11H2. The van der Waals surface area contributed by atoms with E-state index in [4.69, 9.17) is 9.47 Å². The fraction of sp³-hybridized carbons (Fsp3) is 0.412. The molecule has 1 N–H and O–H groups in total. The van der Waals surface area contributed by atoms with Crippen LogP contribution in [0.3, 0.4) is 0 Å². The van der Waals surface area contributed by atoms with Gasteiger partial charge in [0.25, 0.3) is 0 Å². The van der Waals surface area contributed by atoms with Gasteiger partial charge in [0.2, 0.25) is 0 Å². The van der Waals surface area contributed by atoms with Crippen molar-refractivity contribution in [3.8, 4) is 11.5 Å². The van der Waals surface area contributed by atoms with Crippen LogP contribution >= 0.6 is 11.3 Å². The molecule has 0 amide bonds. The predicted octanol–water partition coefficient (Wildman–Crippen LogP) is 3.69. The lowest BCUT2D eigenvalue weighted by atomic mass is 9.94. The van der Waals surface area contributed by atoms with Gasteiger partial charge in [-0.15, -0.1) is 11.3 Å². The first-order valence-corrected chi connectivity index (χ1v) is 8.47. The van der Waals surface area contributed by atoms with Gasteiger partial charge >= 0.3 is 0 Å². The van der Waals surface area contributed by atoms with E-state index in [2.05, 4.69) is 22.8 Å². The topological polar surface area (TPSA) is 30.5 Å². The third-order valence-electron chi connectivity index (χ3n) is 4.24. The Balaban J connectivity index is 1.51. The van der Waals surface area contributed by atoms with E-state index in [1.807, 2.05) is 23.5 Å². The lowest BCUT2D eigenvalue weighted by Crippen LogP contribution is -2.25. The maximum atomic E-state index is 5.79. The summed E-state index contributed by atoms with van der Waals surface area (Å²) in [5, 5.41) is 5.92. The van der Waals surface area contributed by atoms with Gasteiger partial charge in [-0.2, -0.15) is 0 Å². The van der Waals surface area contributed by atoms with Crippen LogP contribution in [0.2, 0.25) is 0 Å². The molecule has 3 nitrogen and oxygen atoms in total. The van der Waals surface area contributed by atoms with Crippen LogP contribution in [0.15, 0.2) is 29.6 Å². The molecule has 1 aliphatic carbocycles. The smallest absolute Gasteiger partial charge is 0.165 e. The summed E-state index contributed by atoms with van der Waals surface area (Å²) in [6, 6.07) is 8.89. The van der Waals surface area contributed by atoms with E-state index in [1.165, 1.54) is 30.4 Å². The van der Waals surface area contributed by atoms with Gasteiger partial charge in [-0.25, -0.2) is 0 Å². The first-order valence-electron chi connectivity index (χ1n) is 7.59. The van der Waals surface area contributed by atoms with E-state index in [0.717, 1.165) is 18.0 Å². The molecule has 1 aromatic carbocycles. The fourth-order valence-corrected chi connectivity index (χ4v) is 4.19. The Bertz CT molecular complexity index is 637. The average molecular weight is 301 g/mol. The highest BCUT2D eigenvalue weighted by atomic mass is 32.1. The van der Waals surface area contributed by atoms with E-state index in [-0.39, 0.29) is 0 Å². The van der Waals surface area contributed by atoms with Crippen LogP contribution in [0, 0.1) is 0 Å². The van der Waals surface area contributed by atoms with Gasteiger partial charge in [-0.3, -0.25) is 0 Å². The van der Waals surface area contributed by atoms with Gasteiger partial charge < -0.3 is 14.8 Å². The molecule has 4 heteroatoms. The van der Waals surface area contributed by atoms with Crippen LogP contribution in [0.25, 0.3) is 0 Å². The normalized spacial score (nSPS) is 20.1. The molecule has 1 atom stereocenters. The predicted molar refractivity (Wildman–Crippen MR) is 84.3 cm³/mol. The molecule has 110 valence electrons. The van der Waals surface area contributed by atoms with Crippen LogP contribution in [0.4, 0.5) is 0 Å². The molecule has 21 heavy (non-hydrogen) atoms. The molecule has 0 spiro atoms. The largest absolute Gasteiger partial charge is 0.486 e. The zero-order valence-electron chi connectivity index (χ0n) is 11.9. The van der Waals surface area contributed by atoms with Gasteiger partial charge in [-0.05, 0) is 42.3 Å². The van der Waals surface area contributed by atoms with Crippen molar-refractivity contribution in [2.75, 3.05) is 13.2 Å². The van der Waals surface area contributed by atoms with Crippen molar-refractivity contribution in [2.24, 2.45) is 0 Å². The number of hydrogen-bond acceptors (Lipinski definition) is 4. The third-order valence-corrected chi connectivity index (χ3v) is 5.24. The summed E-state index contributed by atoms with van der Waals surface area (Å²) < 4.78 is 11.4. The molecule has 0 bridgehead atoms. The number of aryl methyl sites for hydroxylation is 1. The highest BCUT2D eigenvalue weighted by Gasteiger charge is 2.22. The molecule has 1 aromatic heterocycles. The van der Waals surface area contributed by atoms with E-state index in [0.29, 0.717) is 19.3 Å². The van der Waals surface area contributed by atoms with Crippen LogP contribution in [-0.2, 0) is 13.0 Å². The maximum Gasteiger partial charge on any atom is 0.165 e. The molecule has 1 aliphatic heterocycles. The maximum absolute atomic E-state index is 5.79. The molecule has 4 rings (SSSR count). The Morgan fingerprint density at radius 2 is 2.14 bits per heavy atom. The van der Waals surface area contributed by atoms with E-state index in [1.54, 1.807) is 4.88 Å². The minimum atomic E-state index is 0.473. The van der Waals surface area contributed by atoms with Gasteiger partial charge in [0.05, 0.1) is 0 Å². The molecule has 2 aliphatic rings. The van der Waals surface area contributed by atoms with Gasteiger partial charge in [-0.1, -0.05) is 12.1 Å². The first-order chi connectivity index (χ1) is 10.4. The first kappa shape index (κ1) is 13.2. The average Bonchev–Trinajstić information content (AvgIpc) is 3.02. The van der Waals surface area contributed by atoms with E-state index < -0.39 is 0 Å². The molecular weight excluding hydrogens is 282 g/mol. The molecule has 1 unspecified atom stereocenters. The number of thiophene rings is 1. The monoisotopic (exact) mass is 301 g/mol. The number of nitrogens with one attached hydrogen (secondary N) is 1. The lowest BCUT2D eigenvalue weighted by Gasteiger charge is -2.25. The number of para-hydroxylation sites is 1. The second-order valence-electron chi connectivity index (χ2n) is 5.57. The third kappa shape index (κ3) is 2.54. The highest BCUT2D eigenvalue weighted by Crippen LogP contribution is 2.36. The molecule has 0 fully saturated rings.